The Morgan fingerprint density at radius 2 is 1.50 bits per heavy atom. The Morgan fingerprint density at radius 1 is 0.962 bits per heavy atom. The molecule has 2 N–H and O–H groups in total. The van der Waals surface area contributed by atoms with E-state index in [0.29, 0.717) is 5.56 Å². The van der Waals surface area contributed by atoms with Crippen molar-refractivity contribution in [1.29, 1.82) is 0 Å². The summed E-state index contributed by atoms with van der Waals surface area (Å²) in [5.41, 5.74) is 0.626. The largest absolute Gasteiger partial charge is 0.480 e. The van der Waals surface area contributed by atoms with Crippen LogP contribution in [0.1, 0.15) is 23.5 Å². The number of benzene rings is 2. The Balaban J connectivity index is 2.09. The Morgan fingerprint density at radius 3 is 2.00 bits per heavy atom. The van der Waals surface area contributed by atoms with E-state index >= 15 is 0 Å². The fourth-order valence-electron chi connectivity index (χ4n) is 2.60. The first-order valence-corrected chi connectivity index (χ1v) is 7.95. The third kappa shape index (κ3) is 5.61. The summed E-state index contributed by atoms with van der Waals surface area (Å²) in [6, 6.07) is 14.3. The first kappa shape index (κ1) is 19.5. The number of alkyl halides is 3. The van der Waals surface area contributed by atoms with Crippen LogP contribution in [-0.2, 0) is 16.0 Å². The molecule has 7 heteroatoms. The Labute approximate surface area is 148 Å². The molecule has 0 aromatic heterocycles. The predicted octanol–water partition coefficient (Wildman–Crippen LogP) is 3.53. The minimum Gasteiger partial charge on any atom is -0.480 e. The van der Waals surface area contributed by atoms with E-state index < -0.39 is 36.4 Å². The summed E-state index contributed by atoms with van der Waals surface area (Å²) in [6.45, 7) is 0. The second-order valence-corrected chi connectivity index (χ2v) is 5.86. The zero-order valence-corrected chi connectivity index (χ0v) is 13.7. The monoisotopic (exact) mass is 365 g/mol. The zero-order chi connectivity index (χ0) is 19.2. The number of carbonyl (C=O) groups is 2. The van der Waals surface area contributed by atoms with E-state index in [2.05, 4.69) is 5.32 Å². The van der Waals surface area contributed by atoms with Crippen molar-refractivity contribution >= 4 is 11.9 Å². The number of aliphatic carboxylic acids is 1. The number of rotatable bonds is 7. The van der Waals surface area contributed by atoms with E-state index in [-0.39, 0.29) is 12.0 Å². The van der Waals surface area contributed by atoms with E-state index in [0.717, 1.165) is 0 Å². The molecular formula is C19H18F3NO3. The summed E-state index contributed by atoms with van der Waals surface area (Å²) in [5, 5.41) is 11.5. The maximum absolute atomic E-state index is 13.3. The maximum Gasteiger partial charge on any atom is 0.396 e. The lowest BCUT2D eigenvalue weighted by atomic mass is 9.94. The molecule has 0 radical (unpaired) electrons. The van der Waals surface area contributed by atoms with E-state index in [1.165, 1.54) is 24.3 Å². The van der Waals surface area contributed by atoms with Gasteiger partial charge in [0.2, 0.25) is 5.91 Å². The first-order valence-electron chi connectivity index (χ1n) is 7.95. The standard InChI is InChI=1S/C19H18F3NO3/c20-19(21,22)15(14-9-5-2-6-10-14)12-17(24)23-16(18(25)26)11-13-7-3-1-4-8-13/h1-10,15-16H,11-12H2,(H,23,24)(H,25,26)/t15?,16-/m1/s1. The number of carbonyl (C=O) groups excluding carboxylic acids is 1. The molecule has 2 atom stereocenters. The van der Waals surface area contributed by atoms with E-state index in [1.54, 1.807) is 36.4 Å². The molecule has 4 nitrogen and oxygen atoms in total. The van der Waals surface area contributed by atoms with E-state index in [1.807, 2.05) is 0 Å². The Bertz CT molecular complexity index is 733. The van der Waals surface area contributed by atoms with Crippen LogP contribution in [0.15, 0.2) is 60.7 Å². The van der Waals surface area contributed by atoms with Gasteiger partial charge < -0.3 is 10.4 Å². The number of hydrogen-bond donors (Lipinski definition) is 2. The highest BCUT2D eigenvalue weighted by molar-refractivity contribution is 5.84. The van der Waals surface area contributed by atoms with Gasteiger partial charge in [-0.15, -0.1) is 0 Å². The molecule has 0 bridgehead atoms. The van der Waals surface area contributed by atoms with Gasteiger partial charge in [-0.1, -0.05) is 60.7 Å². The highest BCUT2D eigenvalue weighted by atomic mass is 19.4. The fraction of sp³-hybridized carbons (Fsp3) is 0.263. The van der Waals surface area contributed by atoms with Crippen molar-refractivity contribution in [3.05, 3.63) is 71.8 Å². The lowest BCUT2D eigenvalue weighted by Gasteiger charge is -2.22. The molecule has 0 fully saturated rings. The summed E-state index contributed by atoms with van der Waals surface area (Å²) in [5.74, 6) is -4.25. The minimum atomic E-state index is -4.61. The van der Waals surface area contributed by atoms with Crippen LogP contribution in [0.3, 0.4) is 0 Å². The Hall–Kier alpha value is -2.83. The van der Waals surface area contributed by atoms with Crippen LogP contribution in [0.5, 0.6) is 0 Å². The van der Waals surface area contributed by atoms with E-state index in [9.17, 15) is 27.9 Å². The predicted molar refractivity (Wildman–Crippen MR) is 89.6 cm³/mol. The summed E-state index contributed by atoms with van der Waals surface area (Å²) in [7, 11) is 0. The number of amides is 1. The van der Waals surface area contributed by atoms with E-state index in [4.69, 9.17) is 0 Å². The third-order valence-electron chi connectivity index (χ3n) is 3.90. The van der Waals surface area contributed by atoms with Crippen LogP contribution in [0.25, 0.3) is 0 Å². The molecule has 0 aliphatic carbocycles. The molecule has 2 rings (SSSR count). The van der Waals surface area contributed by atoms with Gasteiger partial charge in [-0.2, -0.15) is 13.2 Å². The zero-order valence-electron chi connectivity index (χ0n) is 13.7. The SMILES string of the molecule is O=C(CC(c1ccccc1)C(F)(F)F)N[C@H](Cc1ccccc1)C(=O)O. The number of halogens is 3. The molecule has 0 spiro atoms. The number of nitrogens with one attached hydrogen (secondary N) is 1. The number of carboxylic acids is 1. The maximum atomic E-state index is 13.3. The van der Waals surface area contributed by atoms with Gasteiger partial charge in [0, 0.05) is 12.8 Å². The fourth-order valence-corrected chi connectivity index (χ4v) is 2.60. The van der Waals surface area contributed by atoms with Gasteiger partial charge in [-0.25, -0.2) is 4.79 Å². The second kappa shape index (κ2) is 8.51. The van der Waals surface area contributed by atoms with Crippen LogP contribution in [0.2, 0.25) is 0 Å². The van der Waals surface area contributed by atoms with Gasteiger partial charge in [0.25, 0.3) is 0 Å². The molecule has 2 aromatic rings. The Kier molecular flexibility index (Phi) is 6.38. The van der Waals surface area contributed by atoms with Crippen molar-refractivity contribution in [3.8, 4) is 0 Å². The molecule has 1 unspecified atom stereocenters. The van der Waals surface area contributed by atoms with Gasteiger partial charge in [-0.3, -0.25) is 4.79 Å². The average Bonchev–Trinajstić information content (AvgIpc) is 2.59. The number of hydrogen-bond acceptors (Lipinski definition) is 2. The third-order valence-corrected chi connectivity index (χ3v) is 3.90. The van der Waals surface area contributed by atoms with Crippen LogP contribution >= 0.6 is 0 Å². The summed E-state index contributed by atoms with van der Waals surface area (Å²) in [4.78, 5) is 23.5. The molecule has 0 aliphatic heterocycles. The van der Waals surface area contributed by atoms with Gasteiger partial charge in [0.05, 0.1) is 5.92 Å². The average molecular weight is 365 g/mol. The normalized spacial score (nSPS) is 13.7. The smallest absolute Gasteiger partial charge is 0.396 e. The molecule has 0 heterocycles. The quantitative estimate of drug-likeness (QED) is 0.789. The molecule has 26 heavy (non-hydrogen) atoms. The van der Waals surface area contributed by atoms with Crippen molar-refractivity contribution in [3.63, 3.8) is 0 Å². The van der Waals surface area contributed by atoms with Gasteiger partial charge >= 0.3 is 12.1 Å². The highest BCUT2D eigenvalue weighted by Crippen LogP contribution is 2.37. The second-order valence-electron chi connectivity index (χ2n) is 5.86. The molecule has 2 aromatic carbocycles. The summed E-state index contributed by atoms with van der Waals surface area (Å²) < 4.78 is 39.9. The molecule has 0 saturated heterocycles. The molecular weight excluding hydrogens is 347 g/mol. The lowest BCUT2D eigenvalue weighted by Crippen LogP contribution is -2.43. The molecule has 0 saturated carbocycles. The minimum absolute atomic E-state index is 0.00999. The van der Waals surface area contributed by atoms with Gasteiger partial charge in [-0.05, 0) is 11.1 Å². The van der Waals surface area contributed by atoms with Gasteiger partial charge in [0.1, 0.15) is 6.04 Å². The van der Waals surface area contributed by atoms with Crippen LogP contribution < -0.4 is 5.32 Å². The van der Waals surface area contributed by atoms with Crippen LogP contribution in [0.4, 0.5) is 13.2 Å². The van der Waals surface area contributed by atoms with Crippen molar-refractivity contribution < 1.29 is 27.9 Å². The summed E-state index contributed by atoms with van der Waals surface area (Å²) in [6.07, 6.45) is -5.49. The van der Waals surface area contributed by atoms with Crippen LogP contribution in [-0.4, -0.2) is 29.2 Å². The topological polar surface area (TPSA) is 66.4 Å². The van der Waals surface area contributed by atoms with Crippen molar-refractivity contribution in [2.45, 2.75) is 31.0 Å². The molecule has 138 valence electrons. The lowest BCUT2D eigenvalue weighted by molar-refractivity contribution is -0.158. The first-order chi connectivity index (χ1) is 12.3. The number of carboxylic acid groups (broad SMARTS) is 1. The molecule has 0 aliphatic rings. The van der Waals surface area contributed by atoms with Crippen molar-refractivity contribution in [2.75, 3.05) is 0 Å². The summed E-state index contributed by atoms with van der Waals surface area (Å²) >= 11 is 0. The van der Waals surface area contributed by atoms with Crippen molar-refractivity contribution in [2.24, 2.45) is 0 Å². The van der Waals surface area contributed by atoms with Crippen molar-refractivity contribution in [1.82, 2.24) is 5.32 Å². The molecule has 1 amide bonds. The van der Waals surface area contributed by atoms with Gasteiger partial charge in [0.15, 0.2) is 0 Å². The van der Waals surface area contributed by atoms with Crippen LogP contribution in [0, 0.1) is 0 Å². The highest BCUT2D eigenvalue weighted by Gasteiger charge is 2.42.